The van der Waals surface area contributed by atoms with E-state index in [1.165, 1.54) is 9.87 Å². The number of amides is 1. The summed E-state index contributed by atoms with van der Waals surface area (Å²) in [6.45, 7) is 6.81. The van der Waals surface area contributed by atoms with Crippen molar-refractivity contribution in [2.45, 2.75) is 33.6 Å². The lowest BCUT2D eigenvalue weighted by Gasteiger charge is -2.23. The summed E-state index contributed by atoms with van der Waals surface area (Å²) in [4.78, 5) is 12.1. The van der Waals surface area contributed by atoms with E-state index >= 15 is 0 Å². The maximum Gasteiger partial charge on any atom is 0.232 e. The molecule has 0 radical (unpaired) electrons. The normalized spacial score (nSPS) is 11.2. The number of carbonyl (C=O) groups is 1. The van der Waals surface area contributed by atoms with Crippen LogP contribution in [0.3, 0.4) is 0 Å². The fraction of sp³-hybridized carbons (Fsp3) is 0.409. The topological polar surface area (TPSA) is 75.7 Å². The van der Waals surface area contributed by atoms with Gasteiger partial charge in [0, 0.05) is 18.0 Å². The number of carbonyl (C=O) groups excluding carboxylic acids is 1. The monoisotopic (exact) mass is 452 g/mol. The van der Waals surface area contributed by atoms with Crippen LogP contribution in [0.15, 0.2) is 36.4 Å². The lowest BCUT2D eigenvalue weighted by molar-refractivity contribution is -0.121. The molecule has 0 heterocycles. The summed E-state index contributed by atoms with van der Waals surface area (Å²) >= 11 is 6.13. The molecule has 2 rings (SSSR count). The summed E-state index contributed by atoms with van der Waals surface area (Å²) in [5.41, 5.74) is 3.59. The molecule has 0 aliphatic rings. The highest BCUT2D eigenvalue weighted by Crippen LogP contribution is 2.25. The Balaban J connectivity index is 1.79. The van der Waals surface area contributed by atoms with Crippen LogP contribution in [0.5, 0.6) is 5.75 Å². The number of sulfonamides is 1. The number of rotatable bonds is 10. The van der Waals surface area contributed by atoms with Crippen molar-refractivity contribution in [2.24, 2.45) is 0 Å². The standard InChI is InChI=1S/C22H29ClN2O4S/c1-16-7-10-21(18(3)14-16)29-13-11-24-22(26)6-5-12-25(30(4,27)28)19-9-8-17(2)20(23)15-19/h7-10,14-15H,5-6,11-13H2,1-4H3,(H,24,26). The summed E-state index contributed by atoms with van der Waals surface area (Å²) in [7, 11) is -3.48. The highest BCUT2D eigenvalue weighted by atomic mass is 35.5. The molecule has 0 bridgehead atoms. The van der Waals surface area contributed by atoms with Crippen molar-refractivity contribution < 1.29 is 17.9 Å². The van der Waals surface area contributed by atoms with Crippen LogP contribution in [0.4, 0.5) is 5.69 Å². The minimum absolute atomic E-state index is 0.144. The lowest BCUT2D eigenvalue weighted by atomic mass is 10.1. The van der Waals surface area contributed by atoms with Crippen molar-refractivity contribution in [3.8, 4) is 5.75 Å². The van der Waals surface area contributed by atoms with E-state index in [4.69, 9.17) is 16.3 Å². The van der Waals surface area contributed by atoms with Crippen molar-refractivity contribution in [2.75, 3.05) is 30.3 Å². The maximum atomic E-state index is 12.2. The largest absolute Gasteiger partial charge is 0.491 e. The number of ether oxygens (including phenoxy) is 1. The van der Waals surface area contributed by atoms with Gasteiger partial charge in [-0.05, 0) is 56.5 Å². The molecule has 1 N–H and O–H groups in total. The Morgan fingerprint density at radius 3 is 2.47 bits per heavy atom. The van der Waals surface area contributed by atoms with Gasteiger partial charge >= 0.3 is 0 Å². The van der Waals surface area contributed by atoms with E-state index in [-0.39, 0.29) is 18.9 Å². The van der Waals surface area contributed by atoms with Gasteiger partial charge < -0.3 is 10.1 Å². The molecule has 0 fully saturated rings. The van der Waals surface area contributed by atoms with E-state index in [0.29, 0.717) is 30.3 Å². The predicted octanol–water partition coefficient (Wildman–Crippen LogP) is 4.01. The molecule has 0 spiro atoms. The molecule has 8 heteroatoms. The van der Waals surface area contributed by atoms with Gasteiger partial charge in [0.1, 0.15) is 12.4 Å². The fourth-order valence-corrected chi connectivity index (χ4v) is 4.14. The van der Waals surface area contributed by atoms with Gasteiger partial charge in [-0.2, -0.15) is 0 Å². The van der Waals surface area contributed by atoms with E-state index in [9.17, 15) is 13.2 Å². The first-order chi connectivity index (χ1) is 14.1. The summed E-state index contributed by atoms with van der Waals surface area (Å²) in [6, 6.07) is 11.1. The van der Waals surface area contributed by atoms with Crippen LogP contribution in [0.1, 0.15) is 29.5 Å². The van der Waals surface area contributed by atoms with Crippen LogP contribution in [0.2, 0.25) is 5.02 Å². The number of aryl methyl sites for hydroxylation is 3. The molecule has 0 saturated heterocycles. The molecule has 0 saturated carbocycles. The van der Waals surface area contributed by atoms with Crippen molar-refractivity contribution in [1.29, 1.82) is 0 Å². The molecule has 1 amide bonds. The third kappa shape index (κ3) is 7.22. The van der Waals surface area contributed by atoms with Gasteiger partial charge in [-0.15, -0.1) is 0 Å². The van der Waals surface area contributed by atoms with Gasteiger partial charge in [-0.1, -0.05) is 35.4 Å². The van der Waals surface area contributed by atoms with E-state index in [2.05, 4.69) is 5.32 Å². The molecule has 164 valence electrons. The van der Waals surface area contributed by atoms with Crippen LogP contribution in [0.25, 0.3) is 0 Å². The van der Waals surface area contributed by atoms with Crippen molar-refractivity contribution >= 4 is 33.2 Å². The molecule has 2 aromatic carbocycles. The van der Waals surface area contributed by atoms with Gasteiger partial charge in [-0.3, -0.25) is 9.10 Å². The van der Waals surface area contributed by atoms with Crippen LogP contribution in [-0.2, 0) is 14.8 Å². The Morgan fingerprint density at radius 1 is 1.10 bits per heavy atom. The van der Waals surface area contributed by atoms with Crippen LogP contribution in [-0.4, -0.2) is 40.3 Å². The first kappa shape index (κ1) is 24.0. The second-order valence-corrected chi connectivity index (χ2v) is 9.65. The highest BCUT2D eigenvalue weighted by Gasteiger charge is 2.18. The molecular weight excluding hydrogens is 424 g/mol. The first-order valence-corrected chi connectivity index (χ1v) is 12.0. The van der Waals surface area contributed by atoms with Crippen molar-refractivity contribution in [3.63, 3.8) is 0 Å². The Labute approximate surface area is 184 Å². The zero-order chi connectivity index (χ0) is 22.3. The number of nitrogens with zero attached hydrogens (tertiary/aromatic N) is 1. The molecule has 0 aromatic heterocycles. The molecule has 0 atom stereocenters. The average Bonchev–Trinajstić information content (AvgIpc) is 2.65. The van der Waals surface area contributed by atoms with Gasteiger partial charge in [-0.25, -0.2) is 8.42 Å². The number of anilines is 1. The highest BCUT2D eigenvalue weighted by molar-refractivity contribution is 7.92. The van der Waals surface area contributed by atoms with Crippen molar-refractivity contribution in [1.82, 2.24) is 5.32 Å². The SMILES string of the molecule is Cc1ccc(OCCNC(=O)CCCN(c2ccc(C)c(Cl)c2)S(C)(=O)=O)c(C)c1. The third-order valence-corrected chi connectivity index (χ3v) is 6.22. The third-order valence-electron chi connectivity index (χ3n) is 4.62. The lowest BCUT2D eigenvalue weighted by Crippen LogP contribution is -2.33. The number of hydrogen-bond acceptors (Lipinski definition) is 4. The summed E-state index contributed by atoms with van der Waals surface area (Å²) in [5, 5.41) is 3.30. The maximum absolute atomic E-state index is 12.2. The van der Waals surface area contributed by atoms with E-state index < -0.39 is 10.0 Å². The predicted molar refractivity (Wildman–Crippen MR) is 122 cm³/mol. The number of nitrogens with one attached hydrogen (secondary N) is 1. The Kier molecular flexibility index (Phi) is 8.55. The molecule has 6 nitrogen and oxygen atoms in total. The molecular formula is C22H29ClN2O4S. The number of benzene rings is 2. The Morgan fingerprint density at radius 2 is 1.83 bits per heavy atom. The molecule has 0 aliphatic heterocycles. The molecule has 30 heavy (non-hydrogen) atoms. The Hall–Kier alpha value is -2.25. The van der Waals surface area contributed by atoms with E-state index in [0.717, 1.165) is 23.1 Å². The quantitative estimate of drug-likeness (QED) is 0.552. The number of halogens is 1. The minimum Gasteiger partial charge on any atom is -0.491 e. The van der Waals surface area contributed by atoms with Gasteiger partial charge in [0.15, 0.2) is 0 Å². The minimum atomic E-state index is -3.48. The van der Waals surface area contributed by atoms with Gasteiger partial charge in [0.25, 0.3) is 0 Å². The van der Waals surface area contributed by atoms with Crippen molar-refractivity contribution in [3.05, 3.63) is 58.1 Å². The van der Waals surface area contributed by atoms with E-state index in [1.54, 1.807) is 18.2 Å². The summed E-state index contributed by atoms with van der Waals surface area (Å²) in [6.07, 6.45) is 1.75. The fourth-order valence-electron chi connectivity index (χ4n) is 3.01. The van der Waals surface area contributed by atoms with Crippen LogP contribution in [0, 0.1) is 20.8 Å². The first-order valence-electron chi connectivity index (χ1n) is 9.78. The molecule has 0 unspecified atom stereocenters. The summed E-state index contributed by atoms with van der Waals surface area (Å²) in [5.74, 6) is 0.657. The van der Waals surface area contributed by atoms with Crippen LogP contribution >= 0.6 is 11.6 Å². The van der Waals surface area contributed by atoms with E-state index in [1.807, 2.05) is 39.0 Å². The molecule has 0 aliphatic carbocycles. The van der Waals surface area contributed by atoms with Gasteiger partial charge in [0.2, 0.25) is 15.9 Å². The zero-order valence-electron chi connectivity index (χ0n) is 17.9. The van der Waals surface area contributed by atoms with Crippen LogP contribution < -0.4 is 14.4 Å². The zero-order valence-corrected chi connectivity index (χ0v) is 19.4. The molecule has 2 aromatic rings. The second kappa shape index (κ2) is 10.7. The second-order valence-electron chi connectivity index (χ2n) is 7.34. The average molecular weight is 453 g/mol. The van der Waals surface area contributed by atoms with Gasteiger partial charge in [0.05, 0.1) is 18.5 Å². The number of hydrogen-bond donors (Lipinski definition) is 1. The smallest absolute Gasteiger partial charge is 0.232 e. The summed E-state index contributed by atoms with van der Waals surface area (Å²) < 4.78 is 31.3. The Bertz CT molecular complexity index is 993.